The van der Waals surface area contributed by atoms with E-state index < -0.39 is 0 Å². The first-order valence-corrected chi connectivity index (χ1v) is 7.02. The third-order valence-electron chi connectivity index (χ3n) is 2.10. The summed E-state index contributed by atoms with van der Waals surface area (Å²) in [6, 6.07) is 3.51. The van der Waals surface area contributed by atoms with E-state index in [0.717, 1.165) is 15.0 Å². The molecule has 18 heavy (non-hydrogen) atoms. The summed E-state index contributed by atoms with van der Waals surface area (Å²) in [4.78, 5) is 15.8. The smallest absolute Gasteiger partial charge is 0.237 e. The van der Waals surface area contributed by atoms with Gasteiger partial charge in [0.15, 0.2) is 4.34 Å². The summed E-state index contributed by atoms with van der Waals surface area (Å²) in [7, 11) is 0. The highest BCUT2D eigenvalue weighted by molar-refractivity contribution is 8.02. The van der Waals surface area contributed by atoms with Gasteiger partial charge in [0.1, 0.15) is 5.01 Å². The number of nitrogens with one attached hydrogen (secondary N) is 1. The number of aromatic nitrogens is 3. The fourth-order valence-corrected chi connectivity index (χ4v) is 3.17. The van der Waals surface area contributed by atoms with E-state index in [1.54, 1.807) is 24.5 Å². The molecule has 0 fully saturated rings. The van der Waals surface area contributed by atoms with E-state index >= 15 is 0 Å². The maximum Gasteiger partial charge on any atom is 0.237 e. The second-order valence-electron chi connectivity index (χ2n) is 3.57. The van der Waals surface area contributed by atoms with Gasteiger partial charge in [0.2, 0.25) is 5.91 Å². The fraction of sp³-hybridized carbons (Fsp3) is 0.273. The third-order valence-corrected chi connectivity index (χ3v) is 4.13. The predicted molar refractivity (Wildman–Crippen MR) is 72.8 cm³/mol. The summed E-state index contributed by atoms with van der Waals surface area (Å²) < 4.78 is 0.810. The van der Waals surface area contributed by atoms with Crippen LogP contribution in [0.15, 0.2) is 28.9 Å². The van der Waals surface area contributed by atoms with Crippen molar-refractivity contribution in [2.45, 2.75) is 23.4 Å². The molecule has 1 unspecified atom stereocenters. The first kappa shape index (κ1) is 13.0. The van der Waals surface area contributed by atoms with Gasteiger partial charge in [-0.3, -0.25) is 9.78 Å². The van der Waals surface area contributed by atoms with E-state index in [1.807, 2.05) is 13.8 Å². The standard InChI is InChI=1S/C11H12N4OS2/c1-7(17-11-15-14-8(2)18-11)10(16)13-9-3-5-12-6-4-9/h3-7H,1-2H3,(H,12,13,16). The molecule has 0 aromatic carbocycles. The molecule has 0 spiro atoms. The lowest BCUT2D eigenvalue weighted by Crippen LogP contribution is -2.22. The zero-order valence-corrected chi connectivity index (χ0v) is 11.6. The monoisotopic (exact) mass is 280 g/mol. The summed E-state index contributed by atoms with van der Waals surface area (Å²) in [6.45, 7) is 3.74. The Morgan fingerprint density at radius 3 is 2.72 bits per heavy atom. The Morgan fingerprint density at radius 2 is 2.11 bits per heavy atom. The van der Waals surface area contributed by atoms with Crippen LogP contribution in [0.5, 0.6) is 0 Å². The molecule has 0 aliphatic rings. The molecule has 5 nitrogen and oxygen atoms in total. The summed E-state index contributed by atoms with van der Waals surface area (Å²) >= 11 is 2.90. The van der Waals surface area contributed by atoms with Crippen LogP contribution < -0.4 is 5.32 Å². The summed E-state index contributed by atoms with van der Waals surface area (Å²) in [5.41, 5.74) is 0.746. The summed E-state index contributed by atoms with van der Waals surface area (Å²) in [6.07, 6.45) is 3.28. The number of anilines is 1. The molecule has 94 valence electrons. The molecule has 0 saturated heterocycles. The number of hydrogen-bond acceptors (Lipinski definition) is 6. The van der Waals surface area contributed by atoms with Gasteiger partial charge in [0.25, 0.3) is 0 Å². The van der Waals surface area contributed by atoms with Gasteiger partial charge in [-0.25, -0.2) is 0 Å². The molecule has 2 rings (SSSR count). The number of pyridine rings is 1. The molecule has 0 bridgehead atoms. The Kier molecular flexibility index (Phi) is 4.27. The van der Waals surface area contributed by atoms with Gasteiger partial charge in [-0.2, -0.15) is 0 Å². The molecule has 0 aliphatic heterocycles. The molecule has 1 amide bonds. The van der Waals surface area contributed by atoms with Crippen LogP contribution in [-0.2, 0) is 4.79 Å². The second kappa shape index (κ2) is 5.92. The molecule has 1 N–H and O–H groups in total. The Balaban J connectivity index is 1.93. The summed E-state index contributed by atoms with van der Waals surface area (Å²) in [5, 5.41) is 11.4. The molecule has 2 aromatic heterocycles. The number of aryl methyl sites for hydroxylation is 1. The van der Waals surface area contributed by atoms with Crippen molar-refractivity contribution < 1.29 is 4.79 Å². The van der Waals surface area contributed by atoms with Gasteiger partial charge in [-0.15, -0.1) is 10.2 Å². The lowest BCUT2D eigenvalue weighted by Gasteiger charge is -2.09. The van der Waals surface area contributed by atoms with Crippen LogP contribution in [0.2, 0.25) is 0 Å². The second-order valence-corrected chi connectivity index (χ2v) is 6.34. The van der Waals surface area contributed by atoms with Crippen molar-refractivity contribution in [3.05, 3.63) is 29.5 Å². The molecule has 1 atom stereocenters. The maximum atomic E-state index is 11.9. The topological polar surface area (TPSA) is 67.8 Å². The van der Waals surface area contributed by atoms with Crippen molar-refractivity contribution in [3.8, 4) is 0 Å². The number of carbonyl (C=O) groups excluding carboxylic acids is 1. The Hall–Kier alpha value is -1.47. The Morgan fingerprint density at radius 1 is 1.39 bits per heavy atom. The Bertz CT molecular complexity index is 529. The predicted octanol–water partition coefficient (Wildman–Crippen LogP) is 2.36. The van der Waals surface area contributed by atoms with E-state index in [-0.39, 0.29) is 11.2 Å². The maximum absolute atomic E-state index is 11.9. The average molecular weight is 280 g/mol. The first-order chi connectivity index (χ1) is 8.65. The van der Waals surface area contributed by atoms with Crippen molar-refractivity contribution in [3.63, 3.8) is 0 Å². The minimum atomic E-state index is -0.217. The van der Waals surface area contributed by atoms with E-state index in [9.17, 15) is 4.79 Å². The molecule has 0 radical (unpaired) electrons. The van der Waals surface area contributed by atoms with Crippen LogP contribution in [-0.4, -0.2) is 26.3 Å². The molecule has 0 saturated carbocycles. The zero-order valence-electron chi connectivity index (χ0n) is 9.95. The lowest BCUT2D eigenvalue weighted by atomic mass is 10.3. The number of nitrogens with zero attached hydrogens (tertiary/aromatic N) is 3. The van der Waals surface area contributed by atoms with Crippen molar-refractivity contribution in [1.82, 2.24) is 15.2 Å². The lowest BCUT2D eigenvalue weighted by molar-refractivity contribution is -0.115. The first-order valence-electron chi connectivity index (χ1n) is 5.33. The van der Waals surface area contributed by atoms with Gasteiger partial charge in [0, 0.05) is 18.1 Å². The van der Waals surface area contributed by atoms with Crippen molar-refractivity contribution in [2.24, 2.45) is 0 Å². The minimum absolute atomic E-state index is 0.0564. The van der Waals surface area contributed by atoms with Crippen molar-refractivity contribution in [1.29, 1.82) is 0 Å². The average Bonchev–Trinajstić information content (AvgIpc) is 2.76. The van der Waals surface area contributed by atoms with Crippen LogP contribution in [0.25, 0.3) is 0 Å². The van der Waals surface area contributed by atoms with Gasteiger partial charge in [-0.1, -0.05) is 23.1 Å². The van der Waals surface area contributed by atoms with Gasteiger partial charge in [0.05, 0.1) is 5.25 Å². The highest BCUT2D eigenvalue weighted by atomic mass is 32.2. The van der Waals surface area contributed by atoms with E-state index in [1.165, 1.54) is 23.1 Å². The van der Waals surface area contributed by atoms with E-state index in [4.69, 9.17) is 0 Å². The van der Waals surface area contributed by atoms with Crippen LogP contribution in [0, 0.1) is 6.92 Å². The van der Waals surface area contributed by atoms with Gasteiger partial charge < -0.3 is 5.32 Å². The SMILES string of the molecule is Cc1nnc(SC(C)C(=O)Nc2ccncc2)s1. The highest BCUT2D eigenvalue weighted by Crippen LogP contribution is 2.26. The van der Waals surface area contributed by atoms with Crippen LogP contribution >= 0.6 is 23.1 Å². The zero-order chi connectivity index (χ0) is 13.0. The number of hydrogen-bond donors (Lipinski definition) is 1. The van der Waals surface area contributed by atoms with Gasteiger partial charge >= 0.3 is 0 Å². The Labute approximate surface area is 113 Å². The largest absolute Gasteiger partial charge is 0.325 e. The molecular formula is C11H12N4OS2. The third kappa shape index (κ3) is 3.51. The number of thioether (sulfide) groups is 1. The number of rotatable bonds is 4. The summed E-state index contributed by atoms with van der Waals surface area (Å²) in [5.74, 6) is -0.0564. The minimum Gasteiger partial charge on any atom is -0.325 e. The van der Waals surface area contributed by atoms with Crippen molar-refractivity contribution in [2.75, 3.05) is 5.32 Å². The normalized spacial score (nSPS) is 12.1. The highest BCUT2D eigenvalue weighted by Gasteiger charge is 2.16. The van der Waals surface area contributed by atoms with Crippen molar-refractivity contribution >= 4 is 34.7 Å². The quantitative estimate of drug-likeness (QED) is 0.871. The molecular weight excluding hydrogens is 268 g/mol. The van der Waals surface area contributed by atoms with E-state index in [0.29, 0.717) is 0 Å². The molecule has 7 heteroatoms. The van der Waals surface area contributed by atoms with Crippen LogP contribution in [0.1, 0.15) is 11.9 Å². The number of carbonyl (C=O) groups is 1. The van der Waals surface area contributed by atoms with Gasteiger partial charge in [-0.05, 0) is 26.0 Å². The fourth-order valence-electron chi connectivity index (χ4n) is 1.21. The molecule has 0 aliphatic carbocycles. The molecule has 2 heterocycles. The molecule has 2 aromatic rings. The van der Waals surface area contributed by atoms with Crippen LogP contribution in [0.3, 0.4) is 0 Å². The van der Waals surface area contributed by atoms with Crippen LogP contribution in [0.4, 0.5) is 5.69 Å². The van der Waals surface area contributed by atoms with E-state index in [2.05, 4.69) is 20.5 Å². The number of amides is 1.